The highest BCUT2D eigenvalue weighted by atomic mass is 32.2. The summed E-state index contributed by atoms with van der Waals surface area (Å²) in [7, 11) is -6.73. The second-order valence-corrected chi connectivity index (χ2v) is 11.6. The molecule has 1 atom stereocenters. The second kappa shape index (κ2) is 9.11. The van der Waals surface area contributed by atoms with Crippen LogP contribution in [0.3, 0.4) is 0 Å². The van der Waals surface area contributed by atoms with E-state index in [0.29, 0.717) is 44.8 Å². The molecule has 162 valence electrons. The number of sulfonamides is 1. The van der Waals surface area contributed by atoms with Gasteiger partial charge in [0, 0.05) is 31.2 Å². The molecule has 29 heavy (non-hydrogen) atoms. The number of amides is 1. The van der Waals surface area contributed by atoms with Crippen molar-refractivity contribution >= 4 is 25.8 Å². The van der Waals surface area contributed by atoms with Gasteiger partial charge in [-0.05, 0) is 37.1 Å². The van der Waals surface area contributed by atoms with Crippen LogP contribution in [0, 0.1) is 0 Å². The summed E-state index contributed by atoms with van der Waals surface area (Å²) >= 11 is 0. The van der Waals surface area contributed by atoms with Crippen LogP contribution in [0.2, 0.25) is 0 Å². The lowest BCUT2D eigenvalue weighted by atomic mass is 10.1. The van der Waals surface area contributed by atoms with Gasteiger partial charge in [-0.25, -0.2) is 16.8 Å². The number of hydrogen-bond donors (Lipinski definition) is 0. The summed E-state index contributed by atoms with van der Waals surface area (Å²) in [5.74, 6) is -0.160. The maximum absolute atomic E-state index is 13.1. The molecule has 0 saturated carbocycles. The summed E-state index contributed by atoms with van der Waals surface area (Å²) in [6.45, 7) is 3.86. The van der Waals surface area contributed by atoms with Gasteiger partial charge >= 0.3 is 0 Å². The van der Waals surface area contributed by atoms with E-state index in [1.54, 1.807) is 4.90 Å². The molecular weight excluding hydrogens is 416 g/mol. The van der Waals surface area contributed by atoms with E-state index < -0.39 is 19.9 Å². The van der Waals surface area contributed by atoms with E-state index in [1.807, 2.05) is 6.92 Å². The molecule has 2 heterocycles. The Morgan fingerprint density at radius 1 is 1.21 bits per heavy atom. The van der Waals surface area contributed by atoms with Gasteiger partial charge in [-0.3, -0.25) is 4.79 Å². The number of morpholine rings is 1. The Morgan fingerprint density at radius 3 is 2.41 bits per heavy atom. The van der Waals surface area contributed by atoms with E-state index in [9.17, 15) is 21.6 Å². The third kappa shape index (κ3) is 5.17. The largest absolute Gasteiger partial charge is 0.379 e. The average Bonchev–Trinajstić information content (AvgIpc) is 3.08. The van der Waals surface area contributed by atoms with Crippen molar-refractivity contribution in [2.24, 2.45) is 0 Å². The topological polar surface area (TPSA) is 101 Å². The first-order valence-corrected chi connectivity index (χ1v) is 13.2. The van der Waals surface area contributed by atoms with Crippen LogP contribution >= 0.6 is 0 Å². The normalized spacial score (nSPS) is 22.4. The van der Waals surface area contributed by atoms with Crippen molar-refractivity contribution in [2.45, 2.75) is 37.1 Å². The monoisotopic (exact) mass is 444 g/mol. The Labute approximate surface area is 172 Å². The molecule has 0 N–H and O–H groups in total. The van der Waals surface area contributed by atoms with Crippen LogP contribution in [-0.4, -0.2) is 82.3 Å². The Balaban J connectivity index is 1.78. The highest BCUT2D eigenvalue weighted by Crippen LogP contribution is 2.22. The number of hydrogen-bond acceptors (Lipinski definition) is 6. The van der Waals surface area contributed by atoms with Gasteiger partial charge in [0.2, 0.25) is 10.0 Å². The fourth-order valence-electron chi connectivity index (χ4n) is 3.67. The van der Waals surface area contributed by atoms with Crippen molar-refractivity contribution < 1.29 is 26.4 Å². The van der Waals surface area contributed by atoms with Gasteiger partial charge in [-0.2, -0.15) is 4.31 Å². The van der Waals surface area contributed by atoms with Gasteiger partial charge in [-0.15, -0.1) is 0 Å². The molecule has 0 aromatic heterocycles. The molecule has 1 aromatic carbocycles. The standard InChI is InChI=1S/C19H28N2O6S2/c1-2-3-9-21(17-8-14-28(23,24)15-17)19(22)16-4-6-18(7-5-16)29(25,26)20-10-12-27-13-11-20/h4-7,17H,2-3,8-15H2,1H3/t17-/m0/s1. The summed E-state index contributed by atoms with van der Waals surface area (Å²) in [5, 5.41) is 0. The van der Waals surface area contributed by atoms with Crippen LogP contribution in [0.15, 0.2) is 29.2 Å². The molecule has 3 rings (SSSR count). The summed E-state index contributed by atoms with van der Waals surface area (Å²) < 4.78 is 55.8. The summed E-state index contributed by atoms with van der Waals surface area (Å²) in [6, 6.07) is 5.59. The number of ether oxygens (including phenoxy) is 1. The lowest BCUT2D eigenvalue weighted by Crippen LogP contribution is -2.42. The average molecular weight is 445 g/mol. The highest BCUT2D eigenvalue weighted by molar-refractivity contribution is 7.91. The first kappa shape index (κ1) is 22.2. The molecule has 2 saturated heterocycles. The van der Waals surface area contributed by atoms with Crippen LogP contribution in [0.25, 0.3) is 0 Å². The molecule has 2 aliphatic rings. The zero-order chi connectivity index (χ0) is 21.1. The Kier molecular flexibility index (Phi) is 6.98. The van der Waals surface area contributed by atoms with Gasteiger partial charge in [-0.1, -0.05) is 13.3 Å². The quantitative estimate of drug-likeness (QED) is 0.625. The number of carbonyl (C=O) groups excluding carboxylic acids is 1. The summed E-state index contributed by atoms with van der Waals surface area (Å²) in [4.78, 5) is 14.8. The van der Waals surface area contributed by atoms with Crippen LogP contribution < -0.4 is 0 Å². The first-order valence-electron chi connectivity index (χ1n) is 9.94. The van der Waals surface area contributed by atoms with Crippen molar-refractivity contribution in [3.8, 4) is 0 Å². The van der Waals surface area contributed by atoms with Gasteiger partial charge in [0.25, 0.3) is 5.91 Å². The highest BCUT2D eigenvalue weighted by Gasteiger charge is 2.35. The fourth-order valence-corrected chi connectivity index (χ4v) is 6.81. The molecule has 0 radical (unpaired) electrons. The third-order valence-electron chi connectivity index (χ3n) is 5.37. The molecule has 0 spiro atoms. The summed E-state index contributed by atoms with van der Waals surface area (Å²) in [6.07, 6.45) is 2.12. The minimum atomic E-state index is -3.62. The minimum absolute atomic E-state index is 0.00799. The van der Waals surface area contributed by atoms with Gasteiger partial charge in [0.05, 0.1) is 29.6 Å². The van der Waals surface area contributed by atoms with Gasteiger partial charge in [0.15, 0.2) is 9.84 Å². The zero-order valence-electron chi connectivity index (χ0n) is 16.6. The van der Waals surface area contributed by atoms with Crippen molar-refractivity contribution in [3.63, 3.8) is 0 Å². The smallest absolute Gasteiger partial charge is 0.254 e. The van der Waals surface area contributed by atoms with Crippen molar-refractivity contribution in [3.05, 3.63) is 29.8 Å². The van der Waals surface area contributed by atoms with Gasteiger partial charge in [0.1, 0.15) is 0 Å². The molecule has 0 aliphatic carbocycles. The van der Waals surface area contributed by atoms with Gasteiger partial charge < -0.3 is 9.64 Å². The zero-order valence-corrected chi connectivity index (χ0v) is 18.3. The number of sulfone groups is 1. The molecule has 2 aliphatic heterocycles. The molecule has 1 aromatic rings. The number of benzene rings is 1. The van der Waals surface area contributed by atoms with E-state index in [2.05, 4.69) is 0 Å². The molecule has 0 bridgehead atoms. The summed E-state index contributed by atoms with van der Waals surface area (Å²) in [5.41, 5.74) is 0.367. The number of carbonyl (C=O) groups is 1. The van der Waals surface area contributed by atoms with Crippen LogP contribution in [0.4, 0.5) is 0 Å². The maximum Gasteiger partial charge on any atom is 0.254 e. The van der Waals surface area contributed by atoms with Crippen molar-refractivity contribution in [2.75, 3.05) is 44.4 Å². The molecule has 0 unspecified atom stereocenters. The van der Waals surface area contributed by atoms with Crippen LogP contribution in [-0.2, 0) is 24.6 Å². The number of rotatable bonds is 7. The number of nitrogens with zero attached hydrogens (tertiary/aromatic N) is 2. The van der Waals surface area contributed by atoms with E-state index in [1.165, 1.54) is 28.6 Å². The van der Waals surface area contributed by atoms with Crippen molar-refractivity contribution in [1.29, 1.82) is 0 Å². The fraction of sp³-hybridized carbons (Fsp3) is 0.632. The lowest BCUT2D eigenvalue weighted by molar-refractivity contribution is 0.0694. The third-order valence-corrected chi connectivity index (χ3v) is 9.03. The Bertz CT molecular complexity index is 922. The van der Waals surface area contributed by atoms with Crippen molar-refractivity contribution in [1.82, 2.24) is 9.21 Å². The van der Waals surface area contributed by atoms with E-state index >= 15 is 0 Å². The number of unbranched alkanes of at least 4 members (excludes halogenated alkanes) is 1. The van der Waals surface area contributed by atoms with E-state index in [4.69, 9.17) is 4.74 Å². The van der Waals surface area contributed by atoms with E-state index in [0.717, 1.165) is 12.8 Å². The van der Waals surface area contributed by atoms with Crippen LogP contribution in [0.5, 0.6) is 0 Å². The SMILES string of the molecule is CCCCN(C(=O)c1ccc(S(=O)(=O)N2CCOCC2)cc1)[C@H]1CCS(=O)(=O)C1. The maximum atomic E-state index is 13.1. The predicted octanol–water partition coefficient (Wildman–Crippen LogP) is 1.14. The molecule has 1 amide bonds. The van der Waals surface area contributed by atoms with E-state index in [-0.39, 0.29) is 28.4 Å². The Hall–Kier alpha value is -1.49. The Morgan fingerprint density at radius 2 is 1.86 bits per heavy atom. The first-order chi connectivity index (χ1) is 13.7. The van der Waals surface area contributed by atoms with Crippen LogP contribution in [0.1, 0.15) is 36.5 Å². The second-order valence-electron chi connectivity index (χ2n) is 7.45. The molecule has 2 fully saturated rings. The minimum Gasteiger partial charge on any atom is -0.379 e. The molecule has 10 heteroatoms. The predicted molar refractivity (Wildman–Crippen MR) is 109 cm³/mol. The molecular formula is C19H28N2O6S2. The lowest BCUT2D eigenvalue weighted by Gasteiger charge is -2.28. The molecule has 8 nitrogen and oxygen atoms in total.